The zero-order valence-electron chi connectivity index (χ0n) is 12.0. The molecule has 1 aromatic carbocycles. The number of carbonyl (C=O) groups excluding carboxylic acids is 2. The van der Waals surface area contributed by atoms with E-state index < -0.39 is 0 Å². The van der Waals surface area contributed by atoms with Crippen LogP contribution in [-0.4, -0.2) is 23.4 Å². The minimum Gasteiger partial charge on any atom is -0.367 e. The summed E-state index contributed by atoms with van der Waals surface area (Å²) in [6.07, 6.45) is 2.72. The van der Waals surface area contributed by atoms with E-state index in [1.165, 1.54) is 4.90 Å². The lowest BCUT2D eigenvalue weighted by atomic mass is 9.76. The molecule has 5 heteroatoms. The largest absolute Gasteiger partial charge is 0.367 e. The molecule has 2 fully saturated rings. The van der Waals surface area contributed by atoms with Crippen LogP contribution in [0.15, 0.2) is 24.3 Å². The SMILES string of the molecule is C[C@@H]1CC[C@H]2C(=O)N(CNc3ccc(Cl)cc3)C(=O)[C@@H]2C1. The van der Waals surface area contributed by atoms with Gasteiger partial charge in [0.1, 0.15) is 0 Å². The van der Waals surface area contributed by atoms with Crippen molar-refractivity contribution in [2.45, 2.75) is 26.2 Å². The van der Waals surface area contributed by atoms with E-state index in [1.54, 1.807) is 12.1 Å². The molecular formula is C16H19ClN2O2. The molecule has 0 unspecified atom stereocenters. The van der Waals surface area contributed by atoms with Gasteiger partial charge >= 0.3 is 0 Å². The number of hydrogen-bond acceptors (Lipinski definition) is 3. The third-order valence-electron chi connectivity index (χ3n) is 4.56. The van der Waals surface area contributed by atoms with Gasteiger partial charge in [0, 0.05) is 10.7 Å². The zero-order chi connectivity index (χ0) is 15.0. The molecule has 0 aromatic heterocycles. The summed E-state index contributed by atoms with van der Waals surface area (Å²) in [4.78, 5) is 26.2. The fourth-order valence-electron chi connectivity index (χ4n) is 3.35. The highest BCUT2D eigenvalue weighted by atomic mass is 35.5. The van der Waals surface area contributed by atoms with Crippen LogP contribution in [-0.2, 0) is 9.59 Å². The molecule has 1 aromatic rings. The molecule has 1 heterocycles. The fourth-order valence-corrected chi connectivity index (χ4v) is 3.48. The number of likely N-dealkylation sites (tertiary alicyclic amines) is 1. The van der Waals surface area contributed by atoms with Gasteiger partial charge in [-0.1, -0.05) is 18.5 Å². The van der Waals surface area contributed by atoms with Crippen molar-refractivity contribution in [2.75, 3.05) is 12.0 Å². The van der Waals surface area contributed by atoms with Gasteiger partial charge in [0.15, 0.2) is 0 Å². The average molecular weight is 307 g/mol. The van der Waals surface area contributed by atoms with Gasteiger partial charge < -0.3 is 5.32 Å². The van der Waals surface area contributed by atoms with Gasteiger partial charge in [0.25, 0.3) is 0 Å². The molecule has 0 spiro atoms. The van der Waals surface area contributed by atoms with Gasteiger partial charge in [-0.15, -0.1) is 0 Å². The third-order valence-corrected chi connectivity index (χ3v) is 4.82. The van der Waals surface area contributed by atoms with Crippen LogP contribution in [0.25, 0.3) is 0 Å². The lowest BCUT2D eigenvalue weighted by Gasteiger charge is -2.25. The standard InChI is InChI=1S/C16H19ClN2O2/c1-10-2-7-13-14(8-10)16(21)19(15(13)20)9-18-12-5-3-11(17)4-6-12/h3-6,10,13-14,18H,2,7-9H2,1H3/t10-,13-,14-/m1/s1. The molecular weight excluding hydrogens is 288 g/mol. The van der Waals surface area contributed by atoms with E-state index in [0.717, 1.165) is 24.9 Å². The molecule has 0 bridgehead atoms. The van der Waals surface area contributed by atoms with Crippen molar-refractivity contribution in [1.29, 1.82) is 0 Å². The number of imide groups is 1. The van der Waals surface area contributed by atoms with E-state index in [-0.39, 0.29) is 30.3 Å². The maximum Gasteiger partial charge on any atom is 0.234 e. The summed E-state index contributed by atoms with van der Waals surface area (Å²) in [5.41, 5.74) is 0.850. The van der Waals surface area contributed by atoms with E-state index in [1.807, 2.05) is 12.1 Å². The van der Waals surface area contributed by atoms with Gasteiger partial charge in [-0.25, -0.2) is 0 Å². The van der Waals surface area contributed by atoms with Gasteiger partial charge in [-0.2, -0.15) is 0 Å². The van der Waals surface area contributed by atoms with Crippen molar-refractivity contribution in [2.24, 2.45) is 17.8 Å². The monoisotopic (exact) mass is 306 g/mol. The van der Waals surface area contributed by atoms with Gasteiger partial charge in [-0.05, 0) is 49.4 Å². The van der Waals surface area contributed by atoms with Crippen LogP contribution in [0.4, 0.5) is 5.69 Å². The van der Waals surface area contributed by atoms with Crippen molar-refractivity contribution >= 4 is 29.1 Å². The number of amides is 2. The van der Waals surface area contributed by atoms with E-state index in [2.05, 4.69) is 12.2 Å². The maximum absolute atomic E-state index is 12.4. The van der Waals surface area contributed by atoms with E-state index in [0.29, 0.717) is 10.9 Å². The Morgan fingerprint density at radius 1 is 1.14 bits per heavy atom. The summed E-state index contributed by atoms with van der Waals surface area (Å²) in [5.74, 6) is 0.303. The van der Waals surface area contributed by atoms with Gasteiger partial charge in [0.2, 0.25) is 11.8 Å². The fraction of sp³-hybridized carbons (Fsp3) is 0.500. The summed E-state index contributed by atoms with van der Waals surface area (Å²) in [6, 6.07) is 7.23. The predicted molar refractivity (Wildman–Crippen MR) is 81.8 cm³/mol. The molecule has 2 amide bonds. The molecule has 2 aliphatic rings. The Morgan fingerprint density at radius 2 is 1.81 bits per heavy atom. The smallest absolute Gasteiger partial charge is 0.234 e. The topological polar surface area (TPSA) is 49.4 Å². The number of rotatable bonds is 3. The van der Waals surface area contributed by atoms with Gasteiger partial charge in [-0.3, -0.25) is 14.5 Å². The highest BCUT2D eigenvalue weighted by Crippen LogP contribution is 2.40. The van der Waals surface area contributed by atoms with Crippen molar-refractivity contribution in [1.82, 2.24) is 4.90 Å². The number of fused-ring (bicyclic) bond motifs is 1. The Balaban J connectivity index is 1.67. The molecule has 1 aliphatic carbocycles. The normalized spacial score (nSPS) is 28.7. The van der Waals surface area contributed by atoms with Crippen LogP contribution < -0.4 is 5.32 Å². The molecule has 1 saturated heterocycles. The number of benzene rings is 1. The minimum atomic E-state index is -0.103. The minimum absolute atomic E-state index is 0.0154. The number of carbonyl (C=O) groups is 2. The summed E-state index contributed by atoms with van der Waals surface area (Å²) in [6.45, 7) is 2.39. The number of anilines is 1. The first-order valence-electron chi connectivity index (χ1n) is 7.41. The summed E-state index contributed by atoms with van der Waals surface area (Å²) in [7, 11) is 0. The predicted octanol–water partition coefficient (Wildman–Crippen LogP) is 3.13. The quantitative estimate of drug-likeness (QED) is 0.873. The Hall–Kier alpha value is -1.55. The molecule has 3 atom stereocenters. The average Bonchev–Trinajstić information content (AvgIpc) is 2.70. The second kappa shape index (κ2) is 5.68. The Morgan fingerprint density at radius 3 is 2.52 bits per heavy atom. The van der Waals surface area contributed by atoms with E-state index >= 15 is 0 Å². The van der Waals surface area contributed by atoms with E-state index in [9.17, 15) is 9.59 Å². The number of hydrogen-bond donors (Lipinski definition) is 1. The second-order valence-corrected chi connectivity index (χ2v) is 6.51. The van der Waals surface area contributed by atoms with Crippen molar-refractivity contribution in [3.63, 3.8) is 0 Å². The summed E-state index contributed by atoms with van der Waals surface area (Å²) in [5, 5.41) is 3.78. The molecule has 1 saturated carbocycles. The van der Waals surface area contributed by atoms with Crippen LogP contribution >= 0.6 is 11.6 Å². The summed E-state index contributed by atoms with van der Waals surface area (Å²) >= 11 is 5.84. The Labute approximate surface area is 129 Å². The van der Waals surface area contributed by atoms with Crippen molar-refractivity contribution in [3.05, 3.63) is 29.3 Å². The maximum atomic E-state index is 12.4. The number of nitrogens with zero attached hydrogens (tertiary/aromatic N) is 1. The Kier molecular flexibility index (Phi) is 3.89. The number of nitrogens with one attached hydrogen (secondary N) is 1. The van der Waals surface area contributed by atoms with Crippen LogP contribution in [0.1, 0.15) is 26.2 Å². The molecule has 0 radical (unpaired) electrons. The highest BCUT2D eigenvalue weighted by molar-refractivity contribution is 6.30. The first-order valence-corrected chi connectivity index (χ1v) is 7.78. The van der Waals surface area contributed by atoms with Crippen LogP contribution in [0.3, 0.4) is 0 Å². The molecule has 1 aliphatic heterocycles. The first-order chi connectivity index (χ1) is 10.1. The van der Waals surface area contributed by atoms with E-state index in [4.69, 9.17) is 11.6 Å². The van der Waals surface area contributed by atoms with Crippen LogP contribution in [0.2, 0.25) is 5.02 Å². The molecule has 1 N–H and O–H groups in total. The lowest BCUT2D eigenvalue weighted by molar-refractivity contribution is -0.139. The third kappa shape index (κ3) is 2.77. The Bertz CT molecular complexity index is 558. The second-order valence-electron chi connectivity index (χ2n) is 6.08. The van der Waals surface area contributed by atoms with Crippen molar-refractivity contribution < 1.29 is 9.59 Å². The molecule has 3 rings (SSSR count). The van der Waals surface area contributed by atoms with Crippen molar-refractivity contribution in [3.8, 4) is 0 Å². The van der Waals surface area contributed by atoms with Crippen LogP contribution in [0, 0.1) is 17.8 Å². The van der Waals surface area contributed by atoms with Crippen LogP contribution in [0.5, 0.6) is 0 Å². The highest BCUT2D eigenvalue weighted by Gasteiger charge is 2.49. The zero-order valence-corrected chi connectivity index (χ0v) is 12.8. The van der Waals surface area contributed by atoms with Gasteiger partial charge in [0.05, 0.1) is 18.5 Å². The lowest BCUT2D eigenvalue weighted by Crippen LogP contribution is -2.35. The molecule has 112 valence electrons. The molecule has 21 heavy (non-hydrogen) atoms. The first kappa shape index (κ1) is 14.4. The molecule has 4 nitrogen and oxygen atoms in total. The number of halogens is 1. The summed E-state index contributed by atoms with van der Waals surface area (Å²) < 4.78 is 0.